The molecule has 4 nitrogen and oxygen atoms in total. The quantitative estimate of drug-likeness (QED) is 0.795. The second-order valence-electron chi connectivity index (χ2n) is 7.95. The van der Waals surface area contributed by atoms with E-state index in [2.05, 4.69) is 41.3 Å². The summed E-state index contributed by atoms with van der Waals surface area (Å²) in [6.07, 6.45) is 0. The topological polar surface area (TPSA) is 38.8 Å². The van der Waals surface area contributed by atoms with Crippen molar-refractivity contribution in [2.24, 2.45) is 11.3 Å². The van der Waals surface area contributed by atoms with Crippen molar-refractivity contribution >= 4 is 11.7 Å². The molecule has 2 aliphatic heterocycles. The lowest BCUT2D eigenvalue weighted by Crippen LogP contribution is -2.66. The molecule has 5 rings (SSSR count). The molecule has 2 aromatic rings. The van der Waals surface area contributed by atoms with E-state index in [9.17, 15) is 4.79 Å². The minimum Gasteiger partial charge on any atom is -0.469 e. The lowest BCUT2D eigenvalue weighted by Gasteiger charge is -2.56. The number of benzene rings is 2. The van der Waals surface area contributed by atoms with Crippen molar-refractivity contribution in [1.29, 1.82) is 0 Å². The highest BCUT2D eigenvalue weighted by molar-refractivity contribution is 5.80. The third-order valence-electron chi connectivity index (χ3n) is 6.19. The Balaban J connectivity index is 1.34. The molecular formula is C22H23NO3. The van der Waals surface area contributed by atoms with Crippen LogP contribution < -0.4 is 4.90 Å². The van der Waals surface area contributed by atoms with E-state index in [4.69, 9.17) is 9.47 Å². The van der Waals surface area contributed by atoms with Gasteiger partial charge in [0.05, 0.1) is 31.7 Å². The lowest BCUT2D eigenvalue weighted by molar-refractivity contribution is -0.142. The first-order valence-electron chi connectivity index (χ1n) is 9.26. The van der Waals surface area contributed by atoms with Gasteiger partial charge < -0.3 is 14.4 Å². The Morgan fingerprint density at radius 1 is 1.00 bits per heavy atom. The molecule has 0 amide bonds. The summed E-state index contributed by atoms with van der Waals surface area (Å²) in [6.45, 7) is 3.99. The summed E-state index contributed by atoms with van der Waals surface area (Å²) in [5.41, 5.74) is 4.12. The van der Waals surface area contributed by atoms with Crippen LogP contribution in [0.4, 0.5) is 5.69 Å². The predicted molar refractivity (Wildman–Crippen MR) is 99.3 cm³/mol. The van der Waals surface area contributed by atoms with Gasteiger partial charge in [-0.1, -0.05) is 42.5 Å². The van der Waals surface area contributed by atoms with Crippen LogP contribution in [-0.2, 0) is 14.3 Å². The molecule has 3 aliphatic rings. The van der Waals surface area contributed by atoms with Gasteiger partial charge in [0.1, 0.15) is 0 Å². The van der Waals surface area contributed by atoms with E-state index in [1.165, 1.54) is 23.9 Å². The highest BCUT2D eigenvalue weighted by Crippen LogP contribution is 2.61. The normalized spacial score (nSPS) is 28.2. The summed E-state index contributed by atoms with van der Waals surface area (Å²) in [5, 5.41) is 0. The molecule has 4 heteroatoms. The largest absolute Gasteiger partial charge is 0.469 e. The molecule has 1 aliphatic carbocycles. The number of esters is 1. The summed E-state index contributed by atoms with van der Waals surface area (Å²) in [5.74, 6) is 0.241. The highest BCUT2D eigenvalue weighted by Gasteiger charge is 2.57. The van der Waals surface area contributed by atoms with Gasteiger partial charge >= 0.3 is 5.97 Å². The van der Waals surface area contributed by atoms with Crippen LogP contribution in [0.5, 0.6) is 0 Å². The Bertz CT molecular complexity index is 805. The number of ether oxygens (including phenoxy) is 2. The second-order valence-corrected chi connectivity index (χ2v) is 7.95. The third-order valence-corrected chi connectivity index (χ3v) is 6.19. The van der Waals surface area contributed by atoms with Crippen LogP contribution in [0.25, 0.3) is 0 Å². The van der Waals surface area contributed by atoms with Crippen LogP contribution in [0.2, 0.25) is 0 Å². The molecule has 2 saturated heterocycles. The van der Waals surface area contributed by atoms with Crippen LogP contribution in [0.15, 0.2) is 54.6 Å². The number of nitrogens with zero attached hydrogens (tertiary/aromatic N) is 1. The molecule has 2 aromatic carbocycles. The van der Waals surface area contributed by atoms with Crippen molar-refractivity contribution < 1.29 is 14.3 Å². The van der Waals surface area contributed by atoms with Crippen molar-refractivity contribution in [3.05, 3.63) is 65.7 Å². The second kappa shape index (κ2) is 5.85. The molecule has 0 bridgehead atoms. The van der Waals surface area contributed by atoms with Gasteiger partial charge in [-0.15, -0.1) is 0 Å². The van der Waals surface area contributed by atoms with Gasteiger partial charge in [-0.3, -0.25) is 4.79 Å². The molecule has 0 radical (unpaired) electrons. The van der Waals surface area contributed by atoms with Crippen molar-refractivity contribution in [3.8, 4) is 0 Å². The van der Waals surface area contributed by atoms with Gasteiger partial charge in [0.25, 0.3) is 0 Å². The Labute approximate surface area is 153 Å². The van der Waals surface area contributed by atoms with E-state index < -0.39 is 0 Å². The summed E-state index contributed by atoms with van der Waals surface area (Å²) >= 11 is 0. The van der Waals surface area contributed by atoms with Gasteiger partial charge in [-0.05, 0) is 23.3 Å². The van der Waals surface area contributed by atoms with Gasteiger partial charge in [0.2, 0.25) is 0 Å². The molecule has 2 heterocycles. The Morgan fingerprint density at radius 3 is 2.15 bits per heavy atom. The summed E-state index contributed by atoms with van der Waals surface area (Å²) in [6, 6.07) is 19.0. The lowest BCUT2D eigenvalue weighted by atomic mass is 9.78. The molecule has 0 aromatic heterocycles. The molecule has 26 heavy (non-hydrogen) atoms. The van der Waals surface area contributed by atoms with Crippen LogP contribution >= 0.6 is 0 Å². The first-order chi connectivity index (χ1) is 12.7. The van der Waals surface area contributed by atoms with E-state index >= 15 is 0 Å². The van der Waals surface area contributed by atoms with Crippen LogP contribution in [0.3, 0.4) is 0 Å². The van der Waals surface area contributed by atoms with Crippen molar-refractivity contribution in [2.45, 2.75) is 11.8 Å². The average molecular weight is 349 g/mol. The molecule has 1 saturated carbocycles. The van der Waals surface area contributed by atoms with Gasteiger partial charge in [-0.2, -0.15) is 0 Å². The summed E-state index contributed by atoms with van der Waals surface area (Å²) < 4.78 is 10.4. The number of hydrogen-bond donors (Lipinski definition) is 0. The minimum absolute atomic E-state index is 0.0762. The zero-order valence-corrected chi connectivity index (χ0v) is 14.9. The van der Waals surface area contributed by atoms with Crippen LogP contribution in [0, 0.1) is 11.3 Å². The smallest absolute Gasteiger partial charge is 0.309 e. The number of carbonyl (C=O) groups is 1. The molecule has 3 fully saturated rings. The van der Waals surface area contributed by atoms with Crippen LogP contribution in [-0.4, -0.2) is 39.4 Å². The van der Waals surface area contributed by atoms with E-state index in [0.29, 0.717) is 5.41 Å². The standard InChI is InChI=1S/C22H23NO3/c1-25-21(24)20-18(15-5-3-2-4-6-15)19(20)16-7-9-17(10-8-16)23-11-22(12-23)13-26-14-22/h2-10,18-20H,11-14H2,1H3. The fourth-order valence-electron chi connectivity index (χ4n) is 4.67. The maximum atomic E-state index is 12.2. The molecule has 1 spiro atoms. The predicted octanol–water partition coefficient (Wildman–Crippen LogP) is 3.19. The van der Waals surface area contributed by atoms with Crippen molar-refractivity contribution in [1.82, 2.24) is 0 Å². The maximum absolute atomic E-state index is 12.2. The molecular weight excluding hydrogens is 326 g/mol. The SMILES string of the molecule is COC(=O)C1C(c2ccccc2)C1c1ccc(N2CC3(COC3)C2)cc1. The van der Waals surface area contributed by atoms with Gasteiger partial charge in [-0.25, -0.2) is 0 Å². The van der Waals surface area contributed by atoms with E-state index in [-0.39, 0.29) is 23.7 Å². The first kappa shape index (κ1) is 15.9. The van der Waals surface area contributed by atoms with E-state index in [0.717, 1.165) is 26.3 Å². The monoisotopic (exact) mass is 349 g/mol. The Hall–Kier alpha value is -2.33. The van der Waals surface area contributed by atoms with Crippen LogP contribution in [0.1, 0.15) is 23.0 Å². The molecule has 3 atom stereocenters. The number of carbonyl (C=O) groups excluding carboxylic acids is 1. The molecule has 134 valence electrons. The Morgan fingerprint density at radius 2 is 1.62 bits per heavy atom. The number of methoxy groups -OCH3 is 1. The molecule has 0 N–H and O–H groups in total. The fourth-order valence-corrected chi connectivity index (χ4v) is 4.67. The van der Waals surface area contributed by atoms with Gasteiger partial charge in [0.15, 0.2) is 0 Å². The van der Waals surface area contributed by atoms with E-state index in [1.807, 2.05) is 18.2 Å². The minimum atomic E-state index is -0.109. The average Bonchev–Trinajstić information content (AvgIpc) is 3.36. The summed E-state index contributed by atoms with van der Waals surface area (Å²) in [4.78, 5) is 14.6. The van der Waals surface area contributed by atoms with Gasteiger partial charge in [0, 0.05) is 30.6 Å². The zero-order chi connectivity index (χ0) is 17.7. The highest BCUT2D eigenvalue weighted by atomic mass is 16.5. The summed E-state index contributed by atoms with van der Waals surface area (Å²) in [7, 11) is 1.48. The van der Waals surface area contributed by atoms with E-state index in [1.54, 1.807) is 0 Å². The third kappa shape index (κ3) is 2.43. The van der Waals surface area contributed by atoms with Crippen molar-refractivity contribution in [3.63, 3.8) is 0 Å². The zero-order valence-electron chi connectivity index (χ0n) is 14.9. The first-order valence-corrected chi connectivity index (χ1v) is 9.26. The Kier molecular flexibility index (Phi) is 3.57. The molecule has 3 unspecified atom stereocenters. The number of anilines is 1. The fraction of sp³-hybridized carbons (Fsp3) is 0.409. The number of rotatable bonds is 4. The maximum Gasteiger partial charge on any atom is 0.309 e. The van der Waals surface area contributed by atoms with Crippen molar-refractivity contribution in [2.75, 3.05) is 38.3 Å². The number of hydrogen-bond acceptors (Lipinski definition) is 4.